The number of carboxylic acids is 1. The summed E-state index contributed by atoms with van der Waals surface area (Å²) in [6.07, 6.45) is 0. The van der Waals surface area contributed by atoms with Gasteiger partial charge in [-0.05, 0) is 6.85 Å². The molecule has 0 saturated heterocycles. The van der Waals surface area contributed by atoms with E-state index in [4.69, 9.17) is 4.11 Å². The normalized spacial score (nSPS) is 16.4. The molecule has 0 fully saturated rings. The van der Waals surface area contributed by atoms with Gasteiger partial charge in [0, 0.05) is 10.1 Å². The van der Waals surface area contributed by atoms with Gasteiger partial charge < -0.3 is 16.1 Å². The Balaban J connectivity index is 0. The lowest BCUT2D eigenvalue weighted by Crippen LogP contribution is -2.16. The molecule has 0 aromatic carbocycles. The molecule has 5 heavy (non-hydrogen) atoms. The average molecular weight is 80.1 g/mol. The van der Waals surface area contributed by atoms with Gasteiger partial charge in [0.2, 0.25) is 0 Å². The minimum Gasteiger partial charge on any atom is -0.550 e. The first-order valence-corrected chi connectivity index (χ1v) is 0.658. The van der Waals surface area contributed by atoms with Gasteiger partial charge in [-0.1, -0.05) is 0 Å². The van der Waals surface area contributed by atoms with Crippen LogP contribution in [0.25, 0.3) is 0 Å². The third-order valence-corrected chi connectivity index (χ3v) is 0. The van der Waals surface area contributed by atoms with E-state index in [2.05, 4.69) is 0 Å². The minimum atomic E-state index is -2.94. The van der Waals surface area contributed by atoms with Crippen LogP contribution in [0.3, 0.4) is 0 Å². The van der Waals surface area contributed by atoms with E-state index in [1.54, 1.807) is 0 Å². The van der Waals surface area contributed by atoms with Gasteiger partial charge in [0.15, 0.2) is 0 Å². The second-order valence-electron chi connectivity index (χ2n) is 0.287. The van der Waals surface area contributed by atoms with Crippen molar-refractivity contribution in [3.05, 3.63) is 0 Å². The Bertz CT molecular complexity index is 87.8. The van der Waals surface area contributed by atoms with Crippen LogP contribution in [0.2, 0.25) is 0 Å². The third-order valence-electron chi connectivity index (χ3n) is 0. The molecule has 0 bridgehead atoms. The highest BCUT2D eigenvalue weighted by molar-refractivity contribution is 5.60. The molecule has 0 saturated carbocycles. The zero-order valence-corrected chi connectivity index (χ0v) is 2.82. The van der Waals surface area contributed by atoms with Gasteiger partial charge in [0.1, 0.15) is 0 Å². The maximum atomic E-state index is 9.35. The number of quaternary nitrogens is 1. The van der Waals surface area contributed by atoms with Crippen LogP contribution in [0.15, 0.2) is 0 Å². The summed E-state index contributed by atoms with van der Waals surface area (Å²) in [4.78, 5) is 9.35. The Morgan fingerprint density at radius 3 is 2.40 bits per heavy atom. The van der Waals surface area contributed by atoms with Gasteiger partial charge in [-0.15, -0.1) is 0 Å². The fourth-order valence-electron chi connectivity index (χ4n) is 0. The summed E-state index contributed by atoms with van der Waals surface area (Å²) >= 11 is 0. The van der Waals surface area contributed by atoms with Gasteiger partial charge in [-0.3, -0.25) is 0 Å². The smallest absolute Gasteiger partial charge is 0.0383 e. The Kier molecular flexibility index (Phi) is 1.21. The fraction of sp³-hybridized carbons (Fsp3) is 0.500. The molecular formula is C2H7NO2. The quantitative estimate of drug-likeness (QED) is 0.410. The third kappa shape index (κ3) is 21.6. The van der Waals surface area contributed by atoms with Crippen LogP contribution in [-0.4, -0.2) is 5.97 Å². The molecule has 0 radical (unpaired) electrons. The topological polar surface area (TPSA) is 76.6 Å². The largest absolute Gasteiger partial charge is 0.550 e. The second kappa shape index (κ2) is 3.43. The highest BCUT2D eigenvalue weighted by atomic mass is 16.4. The molecule has 0 amide bonds. The molecule has 0 atom stereocenters. The van der Waals surface area contributed by atoms with E-state index in [1.165, 1.54) is 0 Å². The van der Waals surface area contributed by atoms with E-state index < -0.39 is 12.8 Å². The molecule has 0 unspecified atom stereocenters. The molecule has 3 nitrogen and oxygen atoms in total. The number of carbonyl (C=O) groups is 1. The molecule has 3 heteroatoms. The first-order valence-electron chi connectivity index (χ1n) is 2.16. The van der Waals surface area contributed by atoms with E-state index >= 15 is 0 Å². The summed E-state index contributed by atoms with van der Waals surface area (Å²) in [5.41, 5.74) is 0. The Morgan fingerprint density at radius 2 is 2.40 bits per heavy atom. The zero-order valence-electron chi connectivity index (χ0n) is 5.82. The van der Waals surface area contributed by atoms with Crippen LogP contribution in [0.5, 0.6) is 0 Å². The summed E-state index contributed by atoms with van der Waals surface area (Å²) in [5.74, 6) is -2.01. The summed E-state index contributed by atoms with van der Waals surface area (Å²) in [6.45, 7) is -2.94. The van der Waals surface area contributed by atoms with Gasteiger partial charge in [-0.25, -0.2) is 0 Å². The standard InChI is InChI=1S/C2H4O2.H3N/c1-2(3)4;/h1H3,(H,3,4);1H3/i1D3;. The monoisotopic (exact) mass is 80.1 g/mol. The van der Waals surface area contributed by atoms with Gasteiger partial charge in [0.05, 0.1) is 0 Å². The van der Waals surface area contributed by atoms with Crippen LogP contribution in [0.4, 0.5) is 0 Å². The number of carboxylic acid groups (broad SMARTS) is 1. The van der Waals surface area contributed by atoms with Crippen molar-refractivity contribution in [2.75, 3.05) is 0 Å². The van der Waals surface area contributed by atoms with Crippen LogP contribution >= 0.6 is 0 Å². The predicted molar refractivity (Wildman–Crippen MR) is 16.7 cm³/mol. The van der Waals surface area contributed by atoms with Crippen LogP contribution in [0.1, 0.15) is 11.0 Å². The van der Waals surface area contributed by atoms with Gasteiger partial charge >= 0.3 is 0 Å². The van der Waals surface area contributed by atoms with Crippen molar-refractivity contribution in [3.63, 3.8) is 0 Å². The van der Waals surface area contributed by atoms with E-state index in [9.17, 15) is 9.90 Å². The number of aliphatic carboxylic acids is 1. The molecule has 0 aliphatic rings. The van der Waals surface area contributed by atoms with Crippen molar-refractivity contribution in [1.82, 2.24) is 6.15 Å². The van der Waals surface area contributed by atoms with Crippen molar-refractivity contribution in [3.8, 4) is 0 Å². The van der Waals surface area contributed by atoms with Gasteiger partial charge in [0.25, 0.3) is 0 Å². The number of hydrogen-bond donors (Lipinski definition) is 1. The Labute approximate surface area is 34.4 Å². The molecule has 0 spiro atoms. The van der Waals surface area contributed by atoms with Crippen molar-refractivity contribution < 1.29 is 14.0 Å². The SMILES string of the molecule is [2H]C([2H])([2H])C(=O)[O-].[NH4+]. The summed E-state index contributed by atoms with van der Waals surface area (Å²) in [6, 6.07) is 0. The summed E-state index contributed by atoms with van der Waals surface area (Å²) < 4.78 is 18.2. The molecule has 0 heterocycles. The van der Waals surface area contributed by atoms with Crippen molar-refractivity contribution >= 4 is 5.97 Å². The van der Waals surface area contributed by atoms with Crippen LogP contribution in [-0.2, 0) is 4.79 Å². The minimum absolute atomic E-state index is 0. The van der Waals surface area contributed by atoms with E-state index in [0.717, 1.165) is 0 Å². The van der Waals surface area contributed by atoms with E-state index in [1.807, 2.05) is 0 Å². The average Bonchev–Trinajstić information content (AvgIpc) is 1.31. The van der Waals surface area contributed by atoms with Gasteiger partial charge in [-0.2, -0.15) is 0 Å². The van der Waals surface area contributed by atoms with Crippen LogP contribution in [0, 0.1) is 0 Å². The first-order chi connectivity index (χ1) is 2.94. The van der Waals surface area contributed by atoms with E-state index in [0.29, 0.717) is 0 Å². The predicted octanol–water partition coefficient (Wildman–Crippen LogP) is -0.868. The molecule has 4 N–H and O–H groups in total. The zero-order chi connectivity index (χ0) is 6.08. The molecule has 0 rings (SSSR count). The second-order valence-corrected chi connectivity index (χ2v) is 0.287. The Morgan fingerprint density at radius 1 is 2.20 bits per heavy atom. The molecule has 0 aliphatic carbocycles. The maximum absolute atomic E-state index is 9.35. The number of rotatable bonds is 0. The van der Waals surface area contributed by atoms with Crippen molar-refractivity contribution in [1.29, 1.82) is 0 Å². The molecular weight excluding hydrogens is 70.0 g/mol. The van der Waals surface area contributed by atoms with E-state index in [-0.39, 0.29) is 6.15 Å². The van der Waals surface area contributed by atoms with Crippen LogP contribution < -0.4 is 11.3 Å². The number of hydrogen-bond acceptors (Lipinski definition) is 2. The molecule has 32 valence electrons. The Hall–Kier alpha value is -0.570. The van der Waals surface area contributed by atoms with Crippen molar-refractivity contribution in [2.24, 2.45) is 0 Å². The highest BCUT2D eigenvalue weighted by Crippen LogP contribution is 1.31. The van der Waals surface area contributed by atoms with Crippen molar-refractivity contribution in [2.45, 2.75) is 6.85 Å². The summed E-state index contributed by atoms with van der Waals surface area (Å²) in [7, 11) is 0. The fourth-order valence-corrected chi connectivity index (χ4v) is 0. The lowest BCUT2D eigenvalue weighted by atomic mass is 10.9. The highest BCUT2D eigenvalue weighted by Gasteiger charge is 1.46. The number of carbonyl (C=O) groups excluding carboxylic acids is 1. The first kappa shape index (κ1) is 1.77. The lowest BCUT2D eigenvalue weighted by Gasteiger charge is -1.77. The lowest BCUT2D eigenvalue weighted by molar-refractivity contribution is -0.302. The summed E-state index contributed by atoms with van der Waals surface area (Å²) in [5, 5.41) is 9.35. The molecule has 0 aromatic rings. The molecule has 0 aromatic heterocycles. The maximum Gasteiger partial charge on any atom is 0.0383 e. The molecule has 0 aliphatic heterocycles.